The molecule has 1 amide bonds. The molecule has 6 rings (SSSR count). The van der Waals surface area contributed by atoms with Gasteiger partial charge in [0.2, 0.25) is 0 Å². The normalized spacial score (nSPS) is 11.3. The summed E-state index contributed by atoms with van der Waals surface area (Å²) in [5, 5.41) is 5.79. The smallest absolute Gasteiger partial charge is 0.254 e. The monoisotopic (exact) mass is 720 g/mol. The van der Waals surface area contributed by atoms with E-state index in [-0.39, 0.29) is 18.4 Å². The average molecular weight is 722 g/mol. The van der Waals surface area contributed by atoms with E-state index >= 15 is 0 Å². The van der Waals surface area contributed by atoms with Gasteiger partial charge in [-0.1, -0.05) is 145 Å². The lowest BCUT2D eigenvalue weighted by molar-refractivity contribution is 0.0730. The van der Waals surface area contributed by atoms with Crippen LogP contribution in [0.2, 0.25) is 15.1 Å². The summed E-state index contributed by atoms with van der Waals surface area (Å²) < 4.78 is 11.9. The molecule has 1 aromatic heterocycles. The molecular formula is C42H35Cl3N2O3. The average Bonchev–Trinajstić information content (AvgIpc) is 3.54. The minimum absolute atomic E-state index is 0.0408. The zero-order valence-electron chi connectivity index (χ0n) is 27.7. The predicted octanol–water partition coefficient (Wildman–Crippen LogP) is 12.0. The molecule has 0 aliphatic rings. The van der Waals surface area contributed by atoms with E-state index in [1.807, 2.05) is 128 Å². The lowest BCUT2D eigenvalue weighted by Crippen LogP contribution is -2.30. The van der Waals surface area contributed by atoms with Gasteiger partial charge in [0.25, 0.3) is 5.91 Å². The van der Waals surface area contributed by atoms with E-state index in [4.69, 9.17) is 44.1 Å². The summed E-state index contributed by atoms with van der Waals surface area (Å²) in [4.78, 5) is 15.7. The van der Waals surface area contributed by atoms with Gasteiger partial charge in [0, 0.05) is 30.1 Å². The first-order valence-electron chi connectivity index (χ1n) is 16.3. The number of rotatable bonds is 12. The van der Waals surface area contributed by atoms with Crippen molar-refractivity contribution in [3.05, 3.63) is 176 Å². The molecule has 0 atom stereocenters. The van der Waals surface area contributed by atoms with Crippen molar-refractivity contribution in [1.82, 2.24) is 10.1 Å². The minimum atomic E-state index is -0.0408. The molecule has 0 N–H and O–H groups in total. The number of halogens is 3. The molecule has 0 radical (unpaired) electrons. The second kappa shape index (κ2) is 16.3. The highest BCUT2D eigenvalue weighted by Gasteiger charge is 2.24. The number of hydrogen-bond donors (Lipinski definition) is 0. The Morgan fingerprint density at radius 1 is 0.760 bits per heavy atom. The Balaban J connectivity index is 1.17. The molecule has 0 fully saturated rings. The van der Waals surface area contributed by atoms with Crippen molar-refractivity contribution in [2.24, 2.45) is 0 Å². The van der Waals surface area contributed by atoms with Crippen molar-refractivity contribution in [3.8, 4) is 17.0 Å². The highest BCUT2D eigenvalue weighted by Crippen LogP contribution is 2.39. The SMILES string of the molecule is CC(C)c1onc(-c2c(Cl)cccc2Cl)c1COc1ccc(/C=C/c2cccc(C(=O)N(Cc3ccccc3)Cc3ccccc3)c2)c(Cl)c1. The summed E-state index contributed by atoms with van der Waals surface area (Å²) in [6.07, 6.45) is 3.87. The molecule has 1 heterocycles. The van der Waals surface area contributed by atoms with Crippen molar-refractivity contribution in [3.63, 3.8) is 0 Å². The van der Waals surface area contributed by atoms with Gasteiger partial charge in [0.1, 0.15) is 23.8 Å². The van der Waals surface area contributed by atoms with Gasteiger partial charge in [0.15, 0.2) is 0 Å². The number of hydrogen-bond acceptors (Lipinski definition) is 4. The number of ether oxygens (including phenoxy) is 1. The molecule has 0 spiro atoms. The van der Waals surface area contributed by atoms with Crippen LogP contribution in [0.4, 0.5) is 0 Å². The van der Waals surface area contributed by atoms with Crippen LogP contribution in [0.15, 0.2) is 126 Å². The van der Waals surface area contributed by atoms with Crippen LogP contribution >= 0.6 is 34.8 Å². The molecule has 50 heavy (non-hydrogen) atoms. The Hall–Kier alpha value is -4.81. The summed E-state index contributed by atoms with van der Waals surface area (Å²) in [6, 6.07) is 38.5. The summed E-state index contributed by atoms with van der Waals surface area (Å²) in [5.74, 6) is 1.31. The maximum atomic E-state index is 13.9. The van der Waals surface area contributed by atoms with Gasteiger partial charge in [-0.25, -0.2) is 0 Å². The van der Waals surface area contributed by atoms with E-state index in [9.17, 15) is 4.79 Å². The Morgan fingerprint density at radius 3 is 2.02 bits per heavy atom. The van der Waals surface area contributed by atoms with Crippen molar-refractivity contribution in [1.29, 1.82) is 0 Å². The quantitative estimate of drug-likeness (QED) is 0.118. The number of nitrogens with zero attached hydrogens (tertiary/aromatic N) is 2. The molecule has 8 heteroatoms. The first-order valence-corrected chi connectivity index (χ1v) is 17.4. The van der Waals surface area contributed by atoms with E-state index in [0.29, 0.717) is 56.5 Å². The molecule has 0 aliphatic carbocycles. The van der Waals surface area contributed by atoms with Crippen molar-refractivity contribution in [2.45, 2.75) is 39.5 Å². The van der Waals surface area contributed by atoms with Crippen molar-refractivity contribution >= 4 is 52.9 Å². The highest BCUT2D eigenvalue weighted by atomic mass is 35.5. The molecule has 5 nitrogen and oxygen atoms in total. The topological polar surface area (TPSA) is 55.6 Å². The molecule has 0 unspecified atom stereocenters. The van der Waals surface area contributed by atoms with Crippen LogP contribution in [-0.4, -0.2) is 16.0 Å². The minimum Gasteiger partial charge on any atom is -0.489 e. The van der Waals surface area contributed by atoms with Crippen molar-refractivity contribution in [2.75, 3.05) is 0 Å². The lowest BCUT2D eigenvalue weighted by atomic mass is 10.0. The zero-order valence-corrected chi connectivity index (χ0v) is 29.9. The van der Waals surface area contributed by atoms with Crippen LogP contribution in [0, 0.1) is 0 Å². The lowest BCUT2D eigenvalue weighted by Gasteiger charge is -2.23. The van der Waals surface area contributed by atoms with E-state index in [1.165, 1.54) is 0 Å². The van der Waals surface area contributed by atoms with Crippen LogP contribution in [-0.2, 0) is 19.7 Å². The first kappa shape index (κ1) is 35.0. The summed E-state index contributed by atoms with van der Waals surface area (Å²) in [5.41, 5.74) is 6.38. The standard InChI is InChI=1S/C42H35Cl3N2O3/c1-28(2)41-35(40(46-50-41)39-36(43)17-10-18-37(39)44)27-49-34-22-21-32(38(45)24-34)20-19-29-15-9-16-33(23-29)42(48)47(25-30-11-5-3-6-12-30)26-31-13-7-4-8-14-31/h3-24,28H,25-27H2,1-2H3/b20-19+. The molecule has 0 saturated carbocycles. The van der Waals surface area contributed by atoms with Crippen LogP contribution in [0.25, 0.3) is 23.4 Å². The second-order valence-corrected chi connectivity index (χ2v) is 13.4. The van der Waals surface area contributed by atoms with Gasteiger partial charge >= 0.3 is 0 Å². The summed E-state index contributed by atoms with van der Waals surface area (Å²) >= 11 is 19.7. The van der Waals surface area contributed by atoms with Crippen LogP contribution in [0.1, 0.15) is 63.7 Å². The van der Waals surface area contributed by atoms with E-state index in [0.717, 1.165) is 27.8 Å². The number of carbonyl (C=O) groups excluding carboxylic acids is 1. The van der Waals surface area contributed by atoms with Gasteiger partial charge in [-0.3, -0.25) is 4.79 Å². The Morgan fingerprint density at radius 2 is 1.40 bits per heavy atom. The number of benzene rings is 5. The fourth-order valence-electron chi connectivity index (χ4n) is 5.68. The molecule has 0 bridgehead atoms. The highest BCUT2D eigenvalue weighted by molar-refractivity contribution is 6.39. The van der Waals surface area contributed by atoms with E-state index in [1.54, 1.807) is 24.3 Å². The van der Waals surface area contributed by atoms with Crippen LogP contribution < -0.4 is 4.74 Å². The Bertz CT molecular complexity index is 2050. The fraction of sp³-hybridized carbons (Fsp3) is 0.143. The molecular weight excluding hydrogens is 687 g/mol. The van der Waals surface area contributed by atoms with Gasteiger partial charge in [-0.2, -0.15) is 0 Å². The third-order valence-corrected chi connectivity index (χ3v) is 9.16. The number of aromatic nitrogens is 1. The molecule has 252 valence electrons. The van der Waals surface area contributed by atoms with Gasteiger partial charge in [-0.05, 0) is 64.7 Å². The van der Waals surface area contributed by atoms with Crippen LogP contribution in [0.3, 0.4) is 0 Å². The van der Waals surface area contributed by atoms with Gasteiger partial charge in [-0.15, -0.1) is 0 Å². The van der Waals surface area contributed by atoms with Gasteiger partial charge in [0.05, 0.1) is 20.6 Å². The number of amides is 1. The zero-order chi connectivity index (χ0) is 35.0. The van der Waals surface area contributed by atoms with E-state index in [2.05, 4.69) is 5.16 Å². The first-order chi connectivity index (χ1) is 24.3. The summed E-state index contributed by atoms with van der Waals surface area (Å²) in [6.45, 7) is 5.24. The number of carbonyl (C=O) groups is 1. The third-order valence-electron chi connectivity index (χ3n) is 8.21. The summed E-state index contributed by atoms with van der Waals surface area (Å²) in [7, 11) is 0. The Labute approximate surface area is 307 Å². The third kappa shape index (κ3) is 8.48. The maximum Gasteiger partial charge on any atom is 0.254 e. The molecule has 0 aliphatic heterocycles. The Kier molecular flexibility index (Phi) is 11.4. The maximum absolute atomic E-state index is 13.9. The van der Waals surface area contributed by atoms with Crippen molar-refractivity contribution < 1.29 is 14.1 Å². The second-order valence-electron chi connectivity index (χ2n) is 12.2. The molecule has 5 aromatic carbocycles. The molecule has 0 saturated heterocycles. The predicted molar refractivity (Wildman–Crippen MR) is 204 cm³/mol. The van der Waals surface area contributed by atoms with Gasteiger partial charge < -0.3 is 14.2 Å². The fourth-order valence-corrected chi connectivity index (χ4v) is 6.49. The van der Waals surface area contributed by atoms with Crippen LogP contribution in [0.5, 0.6) is 5.75 Å². The van der Waals surface area contributed by atoms with E-state index < -0.39 is 0 Å². The molecule has 6 aromatic rings. The largest absolute Gasteiger partial charge is 0.489 e.